The van der Waals surface area contributed by atoms with Crippen LogP contribution >= 0.6 is 42.5 Å². The first-order valence-electron chi connectivity index (χ1n) is 5.61. The van der Waals surface area contributed by atoms with Crippen LogP contribution in [0, 0.1) is 6.92 Å². The molecule has 0 radical (unpaired) electrons. The molecule has 0 saturated heterocycles. The molecule has 0 aliphatic carbocycles. The Kier molecular flexibility index (Phi) is 4.96. The van der Waals surface area contributed by atoms with E-state index in [0.717, 1.165) is 5.82 Å². The number of nitrogens with zero attached hydrogens (tertiary/aromatic N) is 3. The summed E-state index contributed by atoms with van der Waals surface area (Å²) in [6.07, 6.45) is 0. The normalized spacial score (nSPS) is 11.7. The van der Waals surface area contributed by atoms with Crippen LogP contribution in [0.1, 0.15) is 11.6 Å². The number of benzene rings is 1. The van der Waals surface area contributed by atoms with Crippen LogP contribution in [-0.2, 0) is 22.7 Å². The van der Waals surface area contributed by atoms with Crippen molar-refractivity contribution in [2.75, 3.05) is 0 Å². The minimum atomic E-state index is -3.80. The van der Waals surface area contributed by atoms with Gasteiger partial charge in [-0.15, -0.1) is 10.2 Å². The SMILES string of the molecule is Cc1nnc(COc2c(Br)cc(S(=O)(=O)Cl)cc2Br)n1C. The molecule has 1 aromatic heterocycles. The average Bonchev–Trinajstić information content (AvgIpc) is 2.68. The Hall–Kier alpha value is -0.640. The second-order valence-electron chi connectivity index (χ2n) is 4.17. The van der Waals surface area contributed by atoms with Gasteiger partial charge < -0.3 is 9.30 Å². The number of hydrogen-bond acceptors (Lipinski definition) is 5. The largest absolute Gasteiger partial charge is 0.483 e. The molecule has 0 unspecified atom stereocenters. The molecule has 2 aromatic rings. The highest BCUT2D eigenvalue weighted by molar-refractivity contribution is 9.11. The zero-order chi connectivity index (χ0) is 15.8. The predicted octanol–water partition coefficient (Wildman–Crippen LogP) is 3.16. The van der Waals surface area contributed by atoms with E-state index in [2.05, 4.69) is 42.1 Å². The second kappa shape index (κ2) is 6.23. The van der Waals surface area contributed by atoms with Crippen LogP contribution in [-0.4, -0.2) is 23.2 Å². The molecule has 1 aromatic carbocycles. The maximum absolute atomic E-state index is 11.3. The van der Waals surface area contributed by atoms with E-state index in [0.29, 0.717) is 20.5 Å². The third kappa shape index (κ3) is 3.77. The quantitative estimate of drug-likeness (QED) is 0.657. The minimum Gasteiger partial charge on any atom is -0.483 e. The summed E-state index contributed by atoms with van der Waals surface area (Å²) in [5, 5.41) is 7.92. The zero-order valence-corrected chi connectivity index (χ0v) is 15.7. The van der Waals surface area contributed by atoms with Crippen LogP contribution in [0.2, 0.25) is 0 Å². The molecular formula is C11H10Br2ClN3O3S. The third-order valence-electron chi connectivity index (χ3n) is 2.78. The lowest BCUT2D eigenvalue weighted by Crippen LogP contribution is -2.05. The Morgan fingerprint density at radius 3 is 2.29 bits per heavy atom. The van der Waals surface area contributed by atoms with Crippen molar-refractivity contribution < 1.29 is 13.2 Å². The van der Waals surface area contributed by atoms with E-state index in [-0.39, 0.29) is 11.5 Å². The molecule has 0 aliphatic heterocycles. The van der Waals surface area contributed by atoms with Crippen LogP contribution in [0.15, 0.2) is 26.0 Å². The minimum absolute atomic E-state index is 0.0234. The Morgan fingerprint density at radius 2 is 1.86 bits per heavy atom. The van der Waals surface area contributed by atoms with Crippen LogP contribution in [0.4, 0.5) is 0 Å². The standard InChI is InChI=1S/C11H10Br2ClN3O3S/c1-6-15-16-10(17(6)2)5-20-11-8(12)3-7(4-9(11)13)21(14,18)19/h3-4H,5H2,1-2H3. The zero-order valence-electron chi connectivity index (χ0n) is 11.0. The van der Waals surface area contributed by atoms with Crippen molar-refractivity contribution in [2.24, 2.45) is 7.05 Å². The number of rotatable bonds is 4. The van der Waals surface area contributed by atoms with E-state index >= 15 is 0 Å². The average molecular weight is 460 g/mol. The number of aryl methyl sites for hydroxylation is 1. The monoisotopic (exact) mass is 457 g/mol. The summed E-state index contributed by atoms with van der Waals surface area (Å²) in [5.41, 5.74) is 0. The summed E-state index contributed by atoms with van der Waals surface area (Å²) in [6.45, 7) is 2.03. The lowest BCUT2D eigenvalue weighted by molar-refractivity contribution is 0.287. The Morgan fingerprint density at radius 1 is 1.29 bits per heavy atom. The first kappa shape index (κ1) is 16.7. The van der Waals surface area contributed by atoms with E-state index in [9.17, 15) is 8.42 Å². The van der Waals surface area contributed by atoms with Crippen molar-refractivity contribution in [1.82, 2.24) is 14.8 Å². The van der Waals surface area contributed by atoms with Gasteiger partial charge in [-0.25, -0.2) is 8.42 Å². The summed E-state index contributed by atoms with van der Waals surface area (Å²) < 4.78 is 31.1. The molecule has 10 heteroatoms. The highest BCUT2D eigenvalue weighted by Crippen LogP contribution is 2.37. The number of halogens is 3. The molecule has 0 N–H and O–H groups in total. The van der Waals surface area contributed by atoms with E-state index in [1.54, 1.807) is 4.57 Å². The molecule has 0 amide bonds. The number of ether oxygens (including phenoxy) is 1. The van der Waals surface area contributed by atoms with Gasteiger partial charge in [-0.1, -0.05) is 0 Å². The van der Waals surface area contributed by atoms with Gasteiger partial charge in [-0.2, -0.15) is 0 Å². The fourth-order valence-electron chi connectivity index (χ4n) is 1.53. The number of aromatic nitrogens is 3. The van der Waals surface area contributed by atoms with Gasteiger partial charge >= 0.3 is 0 Å². The van der Waals surface area contributed by atoms with E-state index in [1.165, 1.54) is 12.1 Å². The van der Waals surface area contributed by atoms with Crippen LogP contribution < -0.4 is 4.74 Å². The first-order chi connectivity index (χ1) is 9.70. The van der Waals surface area contributed by atoms with Crippen LogP contribution in [0.5, 0.6) is 5.75 Å². The first-order valence-corrected chi connectivity index (χ1v) is 9.51. The molecule has 1 heterocycles. The van der Waals surface area contributed by atoms with Crippen molar-refractivity contribution in [3.05, 3.63) is 32.7 Å². The maximum Gasteiger partial charge on any atom is 0.261 e. The molecule has 114 valence electrons. The molecule has 0 aliphatic rings. The molecule has 0 fully saturated rings. The Balaban J connectivity index is 2.27. The summed E-state index contributed by atoms with van der Waals surface area (Å²) in [4.78, 5) is -0.0234. The summed E-state index contributed by atoms with van der Waals surface area (Å²) in [7, 11) is 3.35. The Bertz CT molecular complexity index is 769. The van der Waals surface area contributed by atoms with E-state index < -0.39 is 9.05 Å². The molecule has 6 nitrogen and oxygen atoms in total. The van der Waals surface area contributed by atoms with Crippen LogP contribution in [0.25, 0.3) is 0 Å². The van der Waals surface area contributed by atoms with Gasteiger partial charge in [-0.05, 0) is 50.9 Å². The fraction of sp³-hybridized carbons (Fsp3) is 0.273. The van der Waals surface area contributed by atoms with Gasteiger partial charge in [0.15, 0.2) is 5.82 Å². The van der Waals surface area contributed by atoms with E-state index in [1.807, 2.05) is 14.0 Å². The van der Waals surface area contributed by atoms with Gasteiger partial charge in [0.1, 0.15) is 18.2 Å². The second-order valence-corrected chi connectivity index (χ2v) is 8.44. The lowest BCUT2D eigenvalue weighted by Gasteiger charge is -2.11. The fourth-order valence-corrected chi connectivity index (χ4v) is 4.03. The van der Waals surface area contributed by atoms with Crippen molar-refractivity contribution in [3.63, 3.8) is 0 Å². The van der Waals surface area contributed by atoms with Gasteiger partial charge in [0, 0.05) is 17.7 Å². The van der Waals surface area contributed by atoms with Gasteiger partial charge in [-0.3, -0.25) is 0 Å². The van der Waals surface area contributed by atoms with Crippen molar-refractivity contribution in [3.8, 4) is 5.75 Å². The van der Waals surface area contributed by atoms with E-state index in [4.69, 9.17) is 15.4 Å². The smallest absolute Gasteiger partial charge is 0.261 e. The maximum atomic E-state index is 11.3. The topological polar surface area (TPSA) is 74.1 Å². The molecule has 2 rings (SSSR count). The molecule has 0 atom stereocenters. The highest BCUT2D eigenvalue weighted by atomic mass is 79.9. The van der Waals surface area contributed by atoms with Crippen molar-refractivity contribution in [1.29, 1.82) is 0 Å². The Labute approximate surface area is 143 Å². The summed E-state index contributed by atoms with van der Waals surface area (Å²) in [5.74, 6) is 1.88. The molecule has 0 bridgehead atoms. The summed E-state index contributed by atoms with van der Waals surface area (Å²) in [6, 6.07) is 2.76. The number of hydrogen-bond donors (Lipinski definition) is 0. The predicted molar refractivity (Wildman–Crippen MR) is 85.0 cm³/mol. The molecule has 21 heavy (non-hydrogen) atoms. The summed E-state index contributed by atoms with van der Waals surface area (Å²) >= 11 is 6.53. The lowest BCUT2D eigenvalue weighted by atomic mass is 10.3. The van der Waals surface area contributed by atoms with Gasteiger partial charge in [0.2, 0.25) is 0 Å². The van der Waals surface area contributed by atoms with Crippen molar-refractivity contribution in [2.45, 2.75) is 18.4 Å². The third-order valence-corrected chi connectivity index (χ3v) is 5.29. The highest BCUT2D eigenvalue weighted by Gasteiger charge is 2.17. The van der Waals surface area contributed by atoms with Crippen LogP contribution in [0.3, 0.4) is 0 Å². The molecule has 0 spiro atoms. The van der Waals surface area contributed by atoms with Gasteiger partial charge in [0.05, 0.1) is 13.8 Å². The van der Waals surface area contributed by atoms with Crippen molar-refractivity contribution >= 4 is 51.6 Å². The molecule has 0 saturated carbocycles. The molecular weight excluding hydrogens is 449 g/mol. The van der Waals surface area contributed by atoms with Gasteiger partial charge in [0.25, 0.3) is 9.05 Å².